The van der Waals surface area contributed by atoms with Crippen LogP contribution < -0.4 is 10.1 Å². The molecule has 15 heavy (non-hydrogen) atoms. The molecular weight excluding hydrogens is 210 g/mol. The van der Waals surface area contributed by atoms with Crippen molar-refractivity contribution in [3.05, 3.63) is 65.7 Å². The number of nitrogens with one attached hydrogen (secondary N) is 1. The van der Waals surface area contributed by atoms with Crippen LogP contribution in [0.2, 0.25) is 0 Å². The number of hydrogen-bond donors (Lipinski definition) is 1. The highest BCUT2D eigenvalue weighted by Gasteiger charge is 2.04. The van der Waals surface area contributed by atoms with Gasteiger partial charge in [0.05, 0.1) is 0 Å². The lowest BCUT2D eigenvalue weighted by Crippen LogP contribution is -2.12. The molecule has 0 aliphatic carbocycles. The Balaban J connectivity index is 2.18. The van der Waals surface area contributed by atoms with Crippen molar-refractivity contribution < 1.29 is 4.74 Å². The number of hydrogen-bond acceptors (Lipinski definition) is 2. The first-order valence-corrected chi connectivity index (χ1v) is 4.96. The molecule has 1 N–H and O–H groups in total. The fourth-order valence-corrected chi connectivity index (χ4v) is 1.31. The van der Waals surface area contributed by atoms with Gasteiger partial charge in [-0.3, -0.25) is 0 Å². The van der Waals surface area contributed by atoms with E-state index in [1.807, 2.05) is 42.5 Å². The second-order valence-corrected chi connectivity index (χ2v) is 3.36. The molecule has 0 saturated heterocycles. The van der Waals surface area contributed by atoms with E-state index in [2.05, 4.69) is 5.32 Å². The molecule has 0 unspecified atom stereocenters. The highest BCUT2D eigenvalue weighted by atomic mass is 35.5. The first kappa shape index (κ1) is 9.87. The topological polar surface area (TPSA) is 21.3 Å². The van der Waals surface area contributed by atoms with Crippen molar-refractivity contribution >= 4 is 11.6 Å². The van der Waals surface area contributed by atoms with Crippen LogP contribution in [-0.2, 0) is 0 Å². The molecule has 1 aromatic rings. The standard InChI is InChI=1S/C12H10ClNO/c13-11-8-4-5-9-14-12(11)15-10-6-2-1-3-7-10/h1-9,14H. The van der Waals surface area contributed by atoms with E-state index in [0.29, 0.717) is 10.9 Å². The van der Waals surface area contributed by atoms with Crippen LogP contribution in [0, 0.1) is 0 Å². The molecule has 0 bridgehead atoms. The smallest absolute Gasteiger partial charge is 0.216 e. The highest BCUT2D eigenvalue weighted by Crippen LogP contribution is 2.17. The first-order chi connectivity index (χ1) is 7.36. The Morgan fingerprint density at radius 3 is 2.67 bits per heavy atom. The number of rotatable bonds is 2. The molecule has 3 heteroatoms. The molecule has 0 spiro atoms. The van der Waals surface area contributed by atoms with Crippen LogP contribution in [0.1, 0.15) is 0 Å². The van der Waals surface area contributed by atoms with Gasteiger partial charge < -0.3 is 10.1 Å². The van der Waals surface area contributed by atoms with Gasteiger partial charge in [0.1, 0.15) is 10.8 Å². The van der Waals surface area contributed by atoms with Gasteiger partial charge in [-0.15, -0.1) is 0 Å². The van der Waals surface area contributed by atoms with Crippen LogP contribution in [0.15, 0.2) is 65.7 Å². The number of allylic oxidation sites excluding steroid dienone is 4. The minimum Gasteiger partial charge on any atom is -0.439 e. The van der Waals surface area contributed by atoms with Crippen molar-refractivity contribution in [3.8, 4) is 5.75 Å². The molecule has 1 aliphatic heterocycles. The van der Waals surface area contributed by atoms with Gasteiger partial charge >= 0.3 is 0 Å². The lowest BCUT2D eigenvalue weighted by atomic mass is 10.3. The maximum absolute atomic E-state index is 6.00. The largest absolute Gasteiger partial charge is 0.439 e. The third-order valence-electron chi connectivity index (χ3n) is 1.84. The van der Waals surface area contributed by atoms with Crippen molar-refractivity contribution in [2.75, 3.05) is 0 Å². The van der Waals surface area contributed by atoms with Gasteiger partial charge in [0.2, 0.25) is 5.88 Å². The molecule has 1 heterocycles. The number of para-hydroxylation sites is 1. The van der Waals surface area contributed by atoms with Crippen molar-refractivity contribution in [3.63, 3.8) is 0 Å². The average molecular weight is 220 g/mol. The molecule has 0 saturated carbocycles. The fraction of sp³-hybridized carbons (Fsp3) is 0. The zero-order valence-corrected chi connectivity index (χ0v) is 8.74. The van der Waals surface area contributed by atoms with Crippen molar-refractivity contribution in [1.29, 1.82) is 0 Å². The van der Waals surface area contributed by atoms with Gasteiger partial charge in [0, 0.05) is 6.20 Å². The summed E-state index contributed by atoms with van der Waals surface area (Å²) in [5.41, 5.74) is 0. The third kappa shape index (κ3) is 2.64. The molecule has 0 radical (unpaired) electrons. The number of benzene rings is 1. The van der Waals surface area contributed by atoms with Gasteiger partial charge in [0.15, 0.2) is 0 Å². The monoisotopic (exact) mass is 219 g/mol. The molecule has 2 rings (SSSR count). The fourth-order valence-electron chi connectivity index (χ4n) is 1.15. The van der Waals surface area contributed by atoms with E-state index in [4.69, 9.17) is 16.3 Å². The summed E-state index contributed by atoms with van der Waals surface area (Å²) in [5, 5.41) is 3.51. The maximum atomic E-state index is 6.00. The van der Waals surface area contributed by atoms with E-state index in [1.165, 1.54) is 0 Å². The Hall–Kier alpha value is -1.67. The van der Waals surface area contributed by atoms with Crippen LogP contribution in [0.25, 0.3) is 0 Å². The van der Waals surface area contributed by atoms with Crippen molar-refractivity contribution in [1.82, 2.24) is 5.32 Å². The van der Waals surface area contributed by atoms with Crippen LogP contribution in [-0.4, -0.2) is 0 Å². The summed E-state index contributed by atoms with van der Waals surface area (Å²) < 4.78 is 5.58. The van der Waals surface area contributed by atoms with Crippen LogP contribution in [0.3, 0.4) is 0 Å². The van der Waals surface area contributed by atoms with Crippen molar-refractivity contribution in [2.24, 2.45) is 0 Å². The molecule has 0 atom stereocenters. The predicted octanol–water partition coefficient (Wildman–Crippen LogP) is 3.15. The number of ether oxygens (including phenoxy) is 1. The Bertz CT molecular complexity index is 421. The Morgan fingerprint density at radius 2 is 1.87 bits per heavy atom. The van der Waals surface area contributed by atoms with E-state index in [0.717, 1.165) is 5.75 Å². The second kappa shape index (κ2) is 4.71. The quantitative estimate of drug-likeness (QED) is 0.825. The predicted molar refractivity (Wildman–Crippen MR) is 61.4 cm³/mol. The van der Waals surface area contributed by atoms with Gasteiger partial charge in [-0.05, 0) is 24.3 Å². The summed E-state index contributed by atoms with van der Waals surface area (Å²) in [4.78, 5) is 0. The summed E-state index contributed by atoms with van der Waals surface area (Å²) in [7, 11) is 0. The normalized spacial score (nSPS) is 14.7. The van der Waals surface area contributed by atoms with E-state index in [-0.39, 0.29) is 0 Å². The lowest BCUT2D eigenvalue weighted by Gasteiger charge is -2.09. The Labute approximate surface area is 93.5 Å². The van der Waals surface area contributed by atoms with E-state index >= 15 is 0 Å². The second-order valence-electron chi connectivity index (χ2n) is 2.95. The highest BCUT2D eigenvalue weighted by molar-refractivity contribution is 6.31. The molecule has 2 nitrogen and oxygen atoms in total. The van der Waals surface area contributed by atoms with Gasteiger partial charge in [-0.1, -0.05) is 35.9 Å². The molecule has 0 aromatic heterocycles. The summed E-state index contributed by atoms with van der Waals surface area (Å²) >= 11 is 6.00. The van der Waals surface area contributed by atoms with Gasteiger partial charge in [-0.2, -0.15) is 0 Å². The Morgan fingerprint density at radius 1 is 1.07 bits per heavy atom. The van der Waals surface area contributed by atoms with Gasteiger partial charge in [0.25, 0.3) is 0 Å². The van der Waals surface area contributed by atoms with Crippen LogP contribution >= 0.6 is 11.6 Å². The molecule has 1 aliphatic rings. The summed E-state index contributed by atoms with van der Waals surface area (Å²) in [6.45, 7) is 0. The zero-order valence-electron chi connectivity index (χ0n) is 7.98. The minimum atomic E-state index is 0.535. The molecule has 0 fully saturated rings. The molecule has 1 aromatic carbocycles. The van der Waals surface area contributed by atoms with Crippen LogP contribution in [0.5, 0.6) is 5.75 Å². The average Bonchev–Trinajstić information content (AvgIpc) is 2.46. The van der Waals surface area contributed by atoms with Crippen molar-refractivity contribution in [2.45, 2.75) is 0 Å². The molecule has 0 amide bonds. The van der Waals surface area contributed by atoms with E-state index < -0.39 is 0 Å². The SMILES string of the molecule is ClC1=C(Oc2ccccc2)NC=CC=C1. The maximum Gasteiger partial charge on any atom is 0.216 e. The summed E-state index contributed by atoms with van der Waals surface area (Å²) in [6.07, 6.45) is 7.24. The zero-order chi connectivity index (χ0) is 10.5. The van der Waals surface area contributed by atoms with E-state index in [1.54, 1.807) is 12.3 Å². The summed E-state index contributed by atoms with van der Waals surface area (Å²) in [5.74, 6) is 1.29. The third-order valence-corrected chi connectivity index (χ3v) is 2.14. The lowest BCUT2D eigenvalue weighted by molar-refractivity contribution is 0.397. The Kier molecular flexibility index (Phi) is 3.10. The minimum absolute atomic E-state index is 0.535. The first-order valence-electron chi connectivity index (χ1n) is 4.59. The number of halogens is 1. The summed E-state index contributed by atoms with van der Waals surface area (Å²) in [6, 6.07) is 9.50. The van der Waals surface area contributed by atoms with E-state index in [9.17, 15) is 0 Å². The van der Waals surface area contributed by atoms with Crippen LogP contribution in [0.4, 0.5) is 0 Å². The van der Waals surface area contributed by atoms with Gasteiger partial charge in [-0.25, -0.2) is 0 Å². The molecule has 76 valence electrons. The molecular formula is C12H10ClNO.